The highest BCUT2D eigenvalue weighted by Crippen LogP contribution is 2.70. The zero-order chi connectivity index (χ0) is 41.8. The summed E-state index contributed by atoms with van der Waals surface area (Å²) in [6.45, 7) is 7.14. The van der Waals surface area contributed by atoms with Crippen molar-refractivity contribution in [2.24, 2.45) is 22.7 Å². The number of carbonyl (C=O) groups excluding carboxylic acids is 2. The Bertz CT molecular complexity index is 1640. The summed E-state index contributed by atoms with van der Waals surface area (Å²) >= 11 is 0. The minimum atomic E-state index is -1.90. The Labute approximate surface area is 330 Å². The first-order valence-electron chi connectivity index (χ1n) is 20.1. The lowest BCUT2D eigenvalue weighted by Crippen LogP contribution is -2.72. The molecular formula is C40H60O17. The predicted molar refractivity (Wildman–Crippen MR) is 193 cm³/mol. The molecule has 4 aliphatic carbocycles. The van der Waals surface area contributed by atoms with Crippen molar-refractivity contribution in [1.29, 1.82) is 0 Å². The number of ketones is 1. The number of carbonyl (C=O) groups is 2. The molecule has 0 amide bonds. The fraction of sp³-hybridized carbons (Fsp3) is 0.850. The Morgan fingerprint density at radius 3 is 2.09 bits per heavy atom. The van der Waals surface area contributed by atoms with E-state index >= 15 is 0 Å². The number of cyclic esters (lactones) is 1. The number of aliphatic hydroxyl groups excluding tert-OH is 7. The summed E-state index contributed by atoms with van der Waals surface area (Å²) in [4.78, 5) is 27.0. The van der Waals surface area contributed by atoms with Gasteiger partial charge in [0.25, 0.3) is 0 Å². The number of aliphatic hydroxyl groups is 10. The molecule has 0 bridgehead atoms. The normalized spacial score (nSPS) is 51.3. The number of hydrogen-bond acceptors (Lipinski definition) is 17. The molecule has 3 aliphatic heterocycles. The van der Waals surface area contributed by atoms with Crippen LogP contribution in [-0.4, -0.2) is 166 Å². The van der Waals surface area contributed by atoms with Crippen LogP contribution in [0.3, 0.4) is 0 Å². The summed E-state index contributed by atoms with van der Waals surface area (Å²) in [5.41, 5.74) is -5.39. The van der Waals surface area contributed by atoms with Gasteiger partial charge in [-0.1, -0.05) is 24.1 Å². The SMILES string of the molecule is CC1=C(C)C(=O)O[C@H]([C@](C)(O)[C@]2(O)CC[C@@]3(O)[C@@H]4CC=C5C[C@H](O[C@@H]6O[C@H](CO)[C@@H](O[C@@H]7O[C@H](CO)[C@@H](O)[C@H](O)[C@H]7O)[C@H](O)[C@H]6O)CC(=O)[C@]5(C)[C@H]4CC[C@]23C)C1. The summed E-state index contributed by atoms with van der Waals surface area (Å²) in [5.74, 6) is -1.47. The topological polar surface area (TPSA) is 283 Å². The molecule has 0 aromatic rings. The molecule has 0 aromatic carbocycles. The largest absolute Gasteiger partial charge is 0.455 e. The average Bonchev–Trinajstić information content (AvgIpc) is 3.40. The molecule has 3 heterocycles. The Balaban J connectivity index is 1.06. The van der Waals surface area contributed by atoms with E-state index in [0.29, 0.717) is 18.4 Å². The monoisotopic (exact) mass is 812 g/mol. The van der Waals surface area contributed by atoms with Gasteiger partial charge in [0, 0.05) is 23.8 Å². The van der Waals surface area contributed by atoms with E-state index in [1.54, 1.807) is 20.8 Å². The van der Waals surface area contributed by atoms with Crippen LogP contribution < -0.4 is 0 Å². The van der Waals surface area contributed by atoms with Crippen LogP contribution in [0, 0.1) is 22.7 Å². The van der Waals surface area contributed by atoms with E-state index in [4.69, 9.17) is 23.7 Å². The Hall–Kier alpha value is -1.94. The minimum absolute atomic E-state index is 0.0575. The molecule has 17 heteroatoms. The second-order valence-corrected chi connectivity index (χ2v) is 18.3. The average molecular weight is 813 g/mol. The van der Waals surface area contributed by atoms with Crippen molar-refractivity contribution >= 4 is 11.8 Å². The van der Waals surface area contributed by atoms with Crippen LogP contribution in [0.25, 0.3) is 0 Å². The van der Waals surface area contributed by atoms with E-state index < -0.39 is 126 Å². The molecule has 57 heavy (non-hydrogen) atoms. The lowest BCUT2D eigenvalue weighted by molar-refractivity contribution is -0.362. The summed E-state index contributed by atoms with van der Waals surface area (Å²) in [6.07, 6.45) is -14.3. The number of rotatable bonds is 8. The highest BCUT2D eigenvalue weighted by atomic mass is 16.7. The third-order valence-corrected chi connectivity index (χ3v) is 15.7. The lowest BCUT2D eigenvalue weighted by atomic mass is 9.44. The van der Waals surface area contributed by atoms with Crippen molar-refractivity contribution in [3.63, 3.8) is 0 Å². The quantitative estimate of drug-likeness (QED) is 0.0975. The van der Waals surface area contributed by atoms with Crippen LogP contribution in [0.2, 0.25) is 0 Å². The van der Waals surface area contributed by atoms with Crippen LogP contribution in [0.5, 0.6) is 0 Å². The Kier molecular flexibility index (Phi) is 11.3. The van der Waals surface area contributed by atoms with Gasteiger partial charge in [-0.05, 0) is 78.1 Å². The van der Waals surface area contributed by atoms with E-state index in [2.05, 4.69) is 0 Å². The molecule has 19 atom stereocenters. The molecule has 3 saturated carbocycles. The molecule has 0 aromatic heterocycles. The highest BCUT2D eigenvalue weighted by Gasteiger charge is 2.76. The number of fused-ring (bicyclic) bond motifs is 5. The molecule has 0 unspecified atom stereocenters. The summed E-state index contributed by atoms with van der Waals surface area (Å²) < 4.78 is 28.6. The van der Waals surface area contributed by atoms with Gasteiger partial charge in [-0.25, -0.2) is 4.79 Å². The summed E-state index contributed by atoms with van der Waals surface area (Å²) in [5, 5.41) is 110. The van der Waals surface area contributed by atoms with E-state index in [0.717, 1.165) is 11.1 Å². The maximum atomic E-state index is 14.3. The van der Waals surface area contributed by atoms with Crippen molar-refractivity contribution in [3.05, 3.63) is 22.8 Å². The fourth-order valence-corrected chi connectivity index (χ4v) is 11.7. The van der Waals surface area contributed by atoms with Gasteiger partial charge in [0.2, 0.25) is 0 Å². The molecule has 10 N–H and O–H groups in total. The molecule has 7 rings (SSSR count). The van der Waals surface area contributed by atoms with Crippen molar-refractivity contribution in [1.82, 2.24) is 0 Å². The van der Waals surface area contributed by atoms with Crippen LogP contribution in [0.1, 0.15) is 86.0 Å². The third kappa shape index (κ3) is 6.25. The Morgan fingerprint density at radius 2 is 1.44 bits per heavy atom. The van der Waals surface area contributed by atoms with Gasteiger partial charge in [-0.15, -0.1) is 0 Å². The number of allylic oxidation sites excluding steroid dienone is 1. The molecule has 7 aliphatic rings. The molecule has 17 nitrogen and oxygen atoms in total. The first-order chi connectivity index (χ1) is 26.6. The van der Waals surface area contributed by atoms with Gasteiger partial charge >= 0.3 is 5.97 Å². The van der Waals surface area contributed by atoms with Gasteiger partial charge in [0.15, 0.2) is 12.6 Å². The Morgan fingerprint density at radius 1 is 0.807 bits per heavy atom. The van der Waals surface area contributed by atoms with Crippen molar-refractivity contribution in [2.75, 3.05) is 13.2 Å². The molecule has 0 spiro atoms. The van der Waals surface area contributed by atoms with E-state index in [1.165, 1.54) is 6.92 Å². The smallest absolute Gasteiger partial charge is 0.334 e. The van der Waals surface area contributed by atoms with Gasteiger partial charge in [-0.3, -0.25) is 4.79 Å². The standard InChI is InChI=1S/C40H60O17/c1-17-12-26(56-33(49)18(17)2)38(5,50)40(52)11-10-39(51)22-7-6-19-13-20(14-25(43)37(19,4)21(22)8-9-36(39,40)3)53-34-31(48)29(46)32(24(16-42)55-34)57-35-30(47)28(45)27(44)23(15-41)54-35/h6,20-24,26-32,34-35,41-42,44-48,50-52H,7-16H2,1-5H3/t20-,21-,22+,23+,24+,26-,27+,28-,29+,30+,31+,32+,34+,35-,36-,37-,38-,39+,40-/m0/s1. The zero-order valence-electron chi connectivity index (χ0n) is 33.1. The zero-order valence-corrected chi connectivity index (χ0v) is 33.1. The highest BCUT2D eigenvalue weighted by molar-refractivity contribution is 5.90. The van der Waals surface area contributed by atoms with Crippen LogP contribution in [0.15, 0.2) is 22.8 Å². The maximum Gasteiger partial charge on any atom is 0.334 e. The number of Topliss-reactive ketones (excluding diaryl/α,β-unsaturated/α-hetero) is 1. The van der Waals surface area contributed by atoms with Gasteiger partial charge in [-0.2, -0.15) is 0 Å². The van der Waals surface area contributed by atoms with Crippen LogP contribution >= 0.6 is 0 Å². The summed E-state index contributed by atoms with van der Waals surface area (Å²) in [7, 11) is 0. The van der Waals surface area contributed by atoms with Crippen LogP contribution in [-0.2, 0) is 33.3 Å². The first kappa shape index (κ1) is 43.2. The minimum Gasteiger partial charge on any atom is -0.455 e. The van der Waals surface area contributed by atoms with Crippen LogP contribution in [0.4, 0.5) is 0 Å². The fourth-order valence-electron chi connectivity index (χ4n) is 11.7. The number of ether oxygens (including phenoxy) is 5. The number of hydrogen-bond donors (Lipinski definition) is 10. The van der Waals surface area contributed by atoms with Gasteiger partial charge in [0.05, 0.1) is 30.3 Å². The summed E-state index contributed by atoms with van der Waals surface area (Å²) in [6, 6.07) is 0. The lowest BCUT2D eigenvalue weighted by Gasteiger charge is -2.63. The van der Waals surface area contributed by atoms with Crippen molar-refractivity contribution in [2.45, 2.75) is 176 Å². The van der Waals surface area contributed by atoms with E-state index in [1.807, 2.05) is 13.0 Å². The van der Waals surface area contributed by atoms with E-state index in [-0.39, 0.29) is 50.2 Å². The molecule has 322 valence electrons. The third-order valence-electron chi connectivity index (χ3n) is 15.7. The molecular weight excluding hydrogens is 752 g/mol. The van der Waals surface area contributed by atoms with Crippen molar-refractivity contribution < 1.29 is 84.3 Å². The second-order valence-electron chi connectivity index (χ2n) is 18.3. The first-order valence-corrected chi connectivity index (χ1v) is 20.1. The number of esters is 1. The maximum absolute atomic E-state index is 14.3. The van der Waals surface area contributed by atoms with E-state index in [9.17, 15) is 60.7 Å². The predicted octanol–water partition coefficient (Wildman–Crippen LogP) is -1.61. The molecule has 2 saturated heterocycles. The second kappa shape index (κ2) is 14.9. The molecule has 0 radical (unpaired) electrons. The van der Waals surface area contributed by atoms with Gasteiger partial charge < -0.3 is 74.7 Å². The molecule has 5 fully saturated rings. The van der Waals surface area contributed by atoms with Crippen molar-refractivity contribution in [3.8, 4) is 0 Å². The van der Waals surface area contributed by atoms with Gasteiger partial charge in [0.1, 0.15) is 71.9 Å².